The van der Waals surface area contributed by atoms with Gasteiger partial charge >= 0.3 is 0 Å². The molecule has 110 valence electrons. The standard InChI is InChI=1S/C20H17ClO/c1-14-2-4-15(5-3-14)12-17-8-9-18(20(17)22)13-16-6-10-19(21)11-7-16/h2-7,10-13H,8-9H2,1H3. The quantitative estimate of drug-likeness (QED) is 0.671. The lowest BCUT2D eigenvalue weighted by molar-refractivity contribution is -0.111. The van der Waals surface area contributed by atoms with Gasteiger partial charge in [-0.15, -0.1) is 0 Å². The summed E-state index contributed by atoms with van der Waals surface area (Å²) >= 11 is 5.88. The molecule has 0 atom stereocenters. The van der Waals surface area contributed by atoms with Crippen molar-refractivity contribution in [2.24, 2.45) is 0 Å². The van der Waals surface area contributed by atoms with Crippen molar-refractivity contribution >= 4 is 29.5 Å². The van der Waals surface area contributed by atoms with Crippen LogP contribution < -0.4 is 0 Å². The zero-order valence-corrected chi connectivity index (χ0v) is 13.2. The molecule has 0 amide bonds. The highest BCUT2D eigenvalue weighted by atomic mass is 35.5. The zero-order valence-electron chi connectivity index (χ0n) is 12.5. The van der Waals surface area contributed by atoms with E-state index in [1.807, 2.05) is 36.4 Å². The Kier molecular flexibility index (Phi) is 4.26. The summed E-state index contributed by atoms with van der Waals surface area (Å²) in [4.78, 5) is 12.5. The third-order valence-electron chi connectivity index (χ3n) is 3.88. The number of ketones is 1. The maximum atomic E-state index is 12.5. The number of aryl methyl sites for hydroxylation is 1. The highest BCUT2D eigenvalue weighted by Gasteiger charge is 2.22. The summed E-state index contributed by atoms with van der Waals surface area (Å²) in [6, 6.07) is 15.8. The van der Waals surface area contributed by atoms with E-state index in [2.05, 4.69) is 31.2 Å². The first-order valence-electron chi connectivity index (χ1n) is 7.40. The van der Waals surface area contributed by atoms with Gasteiger partial charge in [0.15, 0.2) is 5.78 Å². The summed E-state index contributed by atoms with van der Waals surface area (Å²) in [5.74, 6) is 0.163. The van der Waals surface area contributed by atoms with Gasteiger partial charge in [-0.05, 0) is 55.2 Å². The van der Waals surface area contributed by atoms with Crippen molar-refractivity contribution in [3.05, 3.63) is 81.4 Å². The van der Waals surface area contributed by atoms with Crippen LogP contribution in [-0.4, -0.2) is 5.78 Å². The van der Waals surface area contributed by atoms with Crippen molar-refractivity contribution in [2.45, 2.75) is 19.8 Å². The molecule has 1 aliphatic carbocycles. The number of rotatable bonds is 2. The van der Waals surface area contributed by atoms with Crippen molar-refractivity contribution in [3.63, 3.8) is 0 Å². The largest absolute Gasteiger partial charge is 0.289 e. The average Bonchev–Trinajstić information content (AvgIpc) is 2.85. The molecule has 0 bridgehead atoms. The van der Waals surface area contributed by atoms with E-state index in [0.717, 1.165) is 35.1 Å². The lowest BCUT2D eigenvalue weighted by Gasteiger charge is -1.99. The van der Waals surface area contributed by atoms with Crippen LogP contribution in [0.5, 0.6) is 0 Å². The molecule has 0 aromatic heterocycles. The monoisotopic (exact) mass is 308 g/mol. The predicted octanol–water partition coefficient (Wildman–Crippen LogP) is 5.48. The Morgan fingerprint density at radius 3 is 1.77 bits per heavy atom. The van der Waals surface area contributed by atoms with E-state index < -0.39 is 0 Å². The second kappa shape index (κ2) is 6.33. The Labute approximate surface area is 135 Å². The van der Waals surface area contributed by atoms with Gasteiger partial charge < -0.3 is 0 Å². The Bertz CT molecular complexity index is 684. The predicted molar refractivity (Wildman–Crippen MR) is 92.8 cm³/mol. The third kappa shape index (κ3) is 3.37. The van der Waals surface area contributed by atoms with Gasteiger partial charge in [-0.1, -0.05) is 53.6 Å². The molecule has 2 aromatic rings. The molecular weight excluding hydrogens is 292 g/mol. The van der Waals surface area contributed by atoms with Crippen molar-refractivity contribution in [1.29, 1.82) is 0 Å². The first-order valence-corrected chi connectivity index (χ1v) is 7.78. The van der Waals surface area contributed by atoms with Gasteiger partial charge in [0.2, 0.25) is 0 Å². The van der Waals surface area contributed by atoms with Crippen LogP contribution in [0.25, 0.3) is 12.2 Å². The van der Waals surface area contributed by atoms with E-state index in [9.17, 15) is 4.79 Å². The summed E-state index contributed by atoms with van der Waals surface area (Å²) < 4.78 is 0. The number of carbonyl (C=O) groups is 1. The Morgan fingerprint density at radius 2 is 1.27 bits per heavy atom. The van der Waals surface area contributed by atoms with Gasteiger partial charge in [0.25, 0.3) is 0 Å². The molecule has 0 radical (unpaired) electrons. The second-order valence-electron chi connectivity index (χ2n) is 5.63. The highest BCUT2D eigenvalue weighted by molar-refractivity contribution is 6.30. The number of benzene rings is 2. The molecule has 0 unspecified atom stereocenters. The second-order valence-corrected chi connectivity index (χ2v) is 6.07. The molecule has 0 N–H and O–H groups in total. The van der Waals surface area contributed by atoms with E-state index in [4.69, 9.17) is 11.6 Å². The molecule has 1 fully saturated rings. The number of hydrogen-bond donors (Lipinski definition) is 0. The maximum absolute atomic E-state index is 12.5. The van der Waals surface area contributed by atoms with Crippen molar-refractivity contribution in [1.82, 2.24) is 0 Å². The summed E-state index contributed by atoms with van der Waals surface area (Å²) in [7, 11) is 0. The fourth-order valence-corrected chi connectivity index (χ4v) is 2.73. The van der Waals surface area contributed by atoms with E-state index >= 15 is 0 Å². The average molecular weight is 309 g/mol. The molecule has 0 heterocycles. The molecule has 0 saturated heterocycles. The van der Waals surface area contributed by atoms with Crippen LogP contribution >= 0.6 is 11.6 Å². The van der Waals surface area contributed by atoms with E-state index in [1.165, 1.54) is 5.56 Å². The van der Waals surface area contributed by atoms with Crippen LogP contribution in [-0.2, 0) is 4.79 Å². The fraction of sp³-hybridized carbons (Fsp3) is 0.150. The van der Waals surface area contributed by atoms with Crippen LogP contribution in [0.3, 0.4) is 0 Å². The summed E-state index contributed by atoms with van der Waals surface area (Å²) in [5.41, 5.74) is 5.10. The molecule has 1 nitrogen and oxygen atoms in total. The van der Waals surface area contributed by atoms with Gasteiger partial charge in [0, 0.05) is 16.2 Å². The van der Waals surface area contributed by atoms with Crippen molar-refractivity contribution in [2.75, 3.05) is 0 Å². The number of carbonyl (C=O) groups excluding carboxylic acids is 1. The summed E-state index contributed by atoms with van der Waals surface area (Å²) in [6.07, 6.45) is 5.59. The van der Waals surface area contributed by atoms with Crippen LogP contribution in [0.1, 0.15) is 29.5 Å². The normalized spacial score (nSPS) is 18.4. The lowest BCUT2D eigenvalue weighted by atomic mass is 10.1. The van der Waals surface area contributed by atoms with Crippen LogP contribution in [0.4, 0.5) is 0 Å². The molecule has 1 saturated carbocycles. The van der Waals surface area contributed by atoms with Crippen LogP contribution in [0, 0.1) is 6.92 Å². The third-order valence-corrected chi connectivity index (χ3v) is 4.13. The Balaban J connectivity index is 1.82. The minimum absolute atomic E-state index is 0.163. The summed E-state index contributed by atoms with van der Waals surface area (Å²) in [5, 5.41) is 0.708. The molecule has 22 heavy (non-hydrogen) atoms. The molecule has 1 aliphatic rings. The number of halogens is 1. The van der Waals surface area contributed by atoms with Gasteiger partial charge in [-0.25, -0.2) is 0 Å². The Hall–Kier alpha value is -2.12. The molecule has 2 aromatic carbocycles. The molecule has 3 rings (SSSR count). The van der Waals surface area contributed by atoms with Crippen molar-refractivity contribution in [3.8, 4) is 0 Å². The van der Waals surface area contributed by atoms with Gasteiger partial charge in [-0.2, -0.15) is 0 Å². The fourth-order valence-electron chi connectivity index (χ4n) is 2.60. The SMILES string of the molecule is Cc1ccc(C=C2CCC(=Cc3ccc(Cl)cc3)C2=O)cc1. The lowest BCUT2D eigenvalue weighted by Crippen LogP contribution is -1.95. The number of Topliss-reactive ketones (excluding diaryl/α,β-unsaturated/α-hetero) is 1. The molecule has 2 heteroatoms. The minimum atomic E-state index is 0.163. The number of allylic oxidation sites excluding steroid dienone is 2. The van der Waals surface area contributed by atoms with Gasteiger partial charge in [0.1, 0.15) is 0 Å². The maximum Gasteiger partial charge on any atom is 0.185 e. The minimum Gasteiger partial charge on any atom is -0.289 e. The topological polar surface area (TPSA) is 17.1 Å². The zero-order chi connectivity index (χ0) is 15.5. The van der Waals surface area contributed by atoms with E-state index in [0.29, 0.717) is 5.02 Å². The number of hydrogen-bond acceptors (Lipinski definition) is 1. The Morgan fingerprint density at radius 1 is 0.818 bits per heavy atom. The van der Waals surface area contributed by atoms with Crippen LogP contribution in [0.15, 0.2) is 59.7 Å². The van der Waals surface area contributed by atoms with Gasteiger partial charge in [0.05, 0.1) is 0 Å². The van der Waals surface area contributed by atoms with Crippen molar-refractivity contribution < 1.29 is 4.79 Å². The van der Waals surface area contributed by atoms with Gasteiger partial charge in [-0.3, -0.25) is 4.79 Å². The highest BCUT2D eigenvalue weighted by Crippen LogP contribution is 2.29. The molecular formula is C20H17ClO. The smallest absolute Gasteiger partial charge is 0.185 e. The van der Waals surface area contributed by atoms with Crippen LogP contribution in [0.2, 0.25) is 5.02 Å². The first kappa shape index (κ1) is 14.8. The first-order chi connectivity index (χ1) is 10.6. The molecule has 0 aliphatic heterocycles. The molecule has 0 spiro atoms. The van der Waals surface area contributed by atoms with E-state index in [-0.39, 0.29) is 5.78 Å². The van der Waals surface area contributed by atoms with E-state index in [1.54, 1.807) is 0 Å². The summed E-state index contributed by atoms with van der Waals surface area (Å²) in [6.45, 7) is 2.06.